The molecule has 1 aromatic heterocycles. The van der Waals surface area contributed by atoms with E-state index in [-0.39, 0.29) is 0 Å². The van der Waals surface area contributed by atoms with Crippen molar-refractivity contribution in [3.05, 3.63) is 47.8 Å². The molecular formula is C17H19N5O2S. The summed E-state index contributed by atoms with van der Waals surface area (Å²) in [7, 11) is -3.58. The number of amidine groups is 1. The van der Waals surface area contributed by atoms with E-state index in [0.29, 0.717) is 28.8 Å². The first kappa shape index (κ1) is 16.0. The highest BCUT2D eigenvalue weighted by Gasteiger charge is 2.32. The Morgan fingerprint density at radius 3 is 2.44 bits per heavy atom. The molecule has 0 atom stereocenters. The van der Waals surface area contributed by atoms with Gasteiger partial charge in [-0.3, -0.25) is 0 Å². The zero-order chi connectivity index (χ0) is 17.4. The van der Waals surface area contributed by atoms with Crippen molar-refractivity contribution in [2.45, 2.75) is 18.2 Å². The minimum Gasteiger partial charge on any atom is -0.354 e. The van der Waals surface area contributed by atoms with Gasteiger partial charge in [0.1, 0.15) is 4.90 Å². The van der Waals surface area contributed by atoms with E-state index < -0.39 is 10.0 Å². The molecule has 7 nitrogen and oxygen atoms in total. The van der Waals surface area contributed by atoms with Crippen molar-refractivity contribution in [2.24, 2.45) is 4.40 Å². The molecule has 2 aliphatic rings. The van der Waals surface area contributed by atoms with Crippen molar-refractivity contribution in [2.75, 3.05) is 31.1 Å². The van der Waals surface area contributed by atoms with Gasteiger partial charge in [0.2, 0.25) is 5.95 Å². The fourth-order valence-electron chi connectivity index (χ4n) is 3.19. The lowest BCUT2D eigenvalue weighted by Gasteiger charge is -2.23. The van der Waals surface area contributed by atoms with E-state index in [1.807, 2.05) is 31.5 Å². The third-order valence-corrected chi connectivity index (χ3v) is 5.78. The van der Waals surface area contributed by atoms with Gasteiger partial charge in [-0.15, -0.1) is 4.40 Å². The lowest BCUT2D eigenvalue weighted by Crippen LogP contribution is -2.35. The third kappa shape index (κ3) is 2.97. The molecule has 0 bridgehead atoms. The number of aryl methyl sites for hydroxylation is 1. The first-order valence-electron chi connectivity index (χ1n) is 8.27. The van der Waals surface area contributed by atoms with Gasteiger partial charge in [0.05, 0.1) is 0 Å². The Morgan fingerprint density at radius 2 is 1.64 bits per heavy atom. The average molecular weight is 357 g/mol. The lowest BCUT2D eigenvalue weighted by molar-refractivity contribution is 0.449. The van der Waals surface area contributed by atoms with Crippen LogP contribution in [0.3, 0.4) is 0 Å². The molecule has 0 aliphatic carbocycles. The van der Waals surface area contributed by atoms with Crippen molar-refractivity contribution < 1.29 is 8.42 Å². The lowest BCUT2D eigenvalue weighted by atomic mass is 10.2. The van der Waals surface area contributed by atoms with Gasteiger partial charge in [0.15, 0.2) is 5.84 Å². The Kier molecular flexibility index (Phi) is 3.91. The molecule has 2 aliphatic heterocycles. The second kappa shape index (κ2) is 6.11. The number of hydrogen-bond donors (Lipinski definition) is 0. The maximum absolute atomic E-state index is 12.3. The third-order valence-electron chi connectivity index (χ3n) is 4.46. The van der Waals surface area contributed by atoms with Crippen LogP contribution in [0, 0.1) is 6.92 Å². The molecule has 0 radical (unpaired) electrons. The number of fused-ring (bicyclic) bond motifs is 1. The number of nitrogens with zero attached hydrogens (tertiary/aromatic N) is 5. The Labute approximate surface area is 147 Å². The minimum absolute atomic E-state index is 0.299. The first-order valence-corrected chi connectivity index (χ1v) is 9.71. The number of hydrogen-bond acceptors (Lipinski definition) is 6. The number of aromatic nitrogens is 2. The van der Waals surface area contributed by atoms with Crippen LogP contribution in [0.1, 0.15) is 17.5 Å². The quantitative estimate of drug-likeness (QED) is 0.769. The summed E-state index contributed by atoms with van der Waals surface area (Å²) in [5.74, 6) is 1.27. The number of benzene rings is 1. The highest BCUT2D eigenvalue weighted by molar-refractivity contribution is 7.90. The van der Waals surface area contributed by atoms with Gasteiger partial charge in [-0.2, -0.15) is 8.42 Å². The van der Waals surface area contributed by atoms with E-state index in [1.54, 1.807) is 12.1 Å². The van der Waals surface area contributed by atoms with E-state index in [1.165, 1.54) is 0 Å². The Hall–Kier alpha value is -2.48. The van der Waals surface area contributed by atoms with E-state index in [0.717, 1.165) is 31.6 Å². The molecule has 0 amide bonds. The Bertz CT molecular complexity index is 924. The normalized spacial score (nSPS) is 19.3. The molecule has 1 saturated heterocycles. The molecule has 3 heterocycles. The number of sulfonamides is 1. The van der Waals surface area contributed by atoms with Crippen LogP contribution in [0.2, 0.25) is 0 Å². The molecule has 0 spiro atoms. The average Bonchev–Trinajstić information content (AvgIpc) is 2.77. The largest absolute Gasteiger partial charge is 0.354 e. The van der Waals surface area contributed by atoms with Crippen molar-refractivity contribution in [3.63, 3.8) is 0 Å². The van der Waals surface area contributed by atoms with Crippen LogP contribution in [0.4, 0.5) is 5.95 Å². The molecule has 0 saturated carbocycles. The van der Waals surface area contributed by atoms with Crippen molar-refractivity contribution in [1.82, 2.24) is 14.9 Å². The van der Waals surface area contributed by atoms with Crippen LogP contribution < -0.4 is 4.90 Å². The maximum Gasteiger partial charge on any atom is 0.285 e. The van der Waals surface area contributed by atoms with Gasteiger partial charge in [-0.05, 0) is 31.0 Å². The molecule has 25 heavy (non-hydrogen) atoms. The molecule has 0 N–H and O–H groups in total. The summed E-state index contributed by atoms with van der Waals surface area (Å²) in [6.07, 6.45) is 4.52. The highest BCUT2D eigenvalue weighted by Crippen LogP contribution is 2.28. The zero-order valence-corrected chi connectivity index (χ0v) is 14.8. The fraction of sp³-hybridized carbons (Fsp3) is 0.353. The summed E-state index contributed by atoms with van der Waals surface area (Å²) >= 11 is 0. The summed E-state index contributed by atoms with van der Waals surface area (Å²) in [6, 6.07) is 7.02. The Balaban J connectivity index is 1.57. The molecule has 0 unspecified atom stereocenters. The van der Waals surface area contributed by atoms with Gasteiger partial charge in [-0.25, -0.2) is 9.97 Å². The molecular weight excluding hydrogens is 338 g/mol. The molecule has 130 valence electrons. The van der Waals surface area contributed by atoms with E-state index in [9.17, 15) is 8.42 Å². The fourth-order valence-corrected chi connectivity index (χ4v) is 4.42. The van der Waals surface area contributed by atoms with Gasteiger partial charge in [-0.1, -0.05) is 12.1 Å². The molecule has 4 rings (SSSR count). The topological polar surface area (TPSA) is 78.8 Å². The van der Waals surface area contributed by atoms with Gasteiger partial charge >= 0.3 is 0 Å². The van der Waals surface area contributed by atoms with Crippen LogP contribution in [0.5, 0.6) is 0 Å². The van der Waals surface area contributed by atoms with Crippen LogP contribution in [0.25, 0.3) is 0 Å². The highest BCUT2D eigenvalue weighted by atomic mass is 32.2. The molecule has 1 fully saturated rings. The van der Waals surface area contributed by atoms with Crippen molar-refractivity contribution in [1.29, 1.82) is 0 Å². The minimum atomic E-state index is -3.58. The smallest absolute Gasteiger partial charge is 0.285 e. The standard InChI is InChI=1S/C17H19N5O2S/c1-13-11-18-17(19-12-13)22-8-4-7-21(9-10-22)16-14-5-2-3-6-15(14)25(23,24)20-16/h2-3,5-6,11-12H,4,7-10H2,1H3. The van der Waals surface area contributed by atoms with Crippen LogP contribution in [-0.4, -0.2) is 55.3 Å². The predicted molar refractivity (Wildman–Crippen MR) is 95.3 cm³/mol. The second-order valence-electron chi connectivity index (χ2n) is 6.27. The second-order valence-corrected chi connectivity index (χ2v) is 7.85. The van der Waals surface area contributed by atoms with Gasteiger partial charge in [0.25, 0.3) is 10.0 Å². The Morgan fingerprint density at radius 1 is 0.960 bits per heavy atom. The van der Waals surface area contributed by atoms with E-state index in [2.05, 4.69) is 24.2 Å². The molecule has 8 heteroatoms. The van der Waals surface area contributed by atoms with Crippen molar-refractivity contribution >= 4 is 21.8 Å². The van der Waals surface area contributed by atoms with E-state index in [4.69, 9.17) is 0 Å². The summed E-state index contributed by atoms with van der Waals surface area (Å²) in [4.78, 5) is 13.3. The summed E-state index contributed by atoms with van der Waals surface area (Å²) in [5, 5.41) is 0. The first-order chi connectivity index (χ1) is 12.0. The molecule has 2 aromatic rings. The van der Waals surface area contributed by atoms with E-state index >= 15 is 0 Å². The van der Waals surface area contributed by atoms with Crippen LogP contribution >= 0.6 is 0 Å². The number of rotatable bonds is 1. The van der Waals surface area contributed by atoms with Gasteiger partial charge < -0.3 is 9.80 Å². The SMILES string of the molecule is Cc1cnc(N2CCCN(C3=NS(=O)(=O)c4ccccc43)CC2)nc1. The maximum atomic E-state index is 12.3. The van der Waals surface area contributed by atoms with Crippen LogP contribution in [0.15, 0.2) is 46.0 Å². The van der Waals surface area contributed by atoms with Gasteiger partial charge in [0, 0.05) is 44.1 Å². The zero-order valence-electron chi connectivity index (χ0n) is 14.0. The summed E-state index contributed by atoms with van der Waals surface area (Å²) in [6.45, 7) is 4.96. The monoisotopic (exact) mass is 357 g/mol. The predicted octanol–water partition coefficient (Wildman–Crippen LogP) is 1.45. The molecule has 1 aromatic carbocycles. The summed E-state index contributed by atoms with van der Waals surface area (Å²) < 4.78 is 28.6. The number of anilines is 1. The van der Waals surface area contributed by atoms with Crippen LogP contribution in [-0.2, 0) is 10.0 Å². The van der Waals surface area contributed by atoms with Crippen molar-refractivity contribution in [3.8, 4) is 0 Å². The summed E-state index contributed by atoms with van der Waals surface area (Å²) in [5.41, 5.74) is 1.73.